The van der Waals surface area contributed by atoms with Crippen molar-refractivity contribution in [2.24, 2.45) is 36.6 Å². The third kappa shape index (κ3) is 1.85. The number of hydrogen-bond donors (Lipinski definition) is 1. The van der Waals surface area contributed by atoms with E-state index in [-0.39, 0.29) is 0 Å². The van der Waals surface area contributed by atoms with Crippen molar-refractivity contribution < 1.29 is 0 Å². The molecule has 1 aromatic heterocycles. The fourth-order valence-electron chi connectivity index (χ4n) is 5.65. The minimum absolute atomic E-state index is 0.469. The first-order valence-corrected chi connectivity index (χ1v) is 7.91. The minimum Gasteiger partial charge on any atom is -0.311 e. The topological polar surface area (TPSA) is 29.9 Å². The molecule has 1 unspecified atom stereocenters. The van der Waals surface area contributed by atoms with Crippen molar-refractivity contribution in [2.45, 2.75) is 38.1 Å². The summed E-state index contributed by atoms with van der Waals surface area (Å²) in [5, 5.41) is 8.25. The molecule has 0 aromatic carbocycles. The highest BCUT2D eigenvalue weighted by atomic mass is 15.3. The maximum absolute atomic E-state index is 4.67. The van der Waals surface area contributed by atoms with Gasteiger partial charge < -0.3 is 5.32 Å². The summed E-state index contributed by atoms with van der Waals surface area (Å²) >= 11 is 0. The van der Waals surface area contributed by atoms with Crippen molar-refractivity contribution in [1.82, 2.24) is 15.1 Å². The molecule has 0 spiro atoms. The van der Waals surface area contributed by atoms with Crippen molar-refractivity contribution in [3.8, 4) is 0 Å². The van der Waals surface area contributed by atoms with Gasteiger partial charge in [-0.3, -0.25) is 4.68 Å². The predicted molar refractivity (Wildman–Crippen MR) is 75.5 cm³/mol. The van der Waals surface area contributed by atoms with Crippen LogP contribution in [0, 0.1) is 29.6 Å². The van der Waals surface area contributed by atoms with Gasteiger partial charge in [-0.05, 0) is 74.8 Å². The molecule has 19 heavy (non-hydrogen) atoms. The van der Waals surface area contributed by atoms with E-state index in [0.29, 0.717) is 6.04 Å². The molecule has 5 rings (SSSR count). The van der Waals surface area contributed by atoms with Crippen LogP contribution in [0.25, 0.3) is 0 Å². The summed E-state index contributed by atoms with van der Waals surface area (Å²) in [6.45, 7) is 0. The zero-order valence-electron chi connectivity index (χ0n) is 12.0. The molecule has 1 aromatic rings. The Morgan fingerprint density at radius 2 is 1.79 bits per heavy atom. The third-order valence-corrected chi connectivity index (χ3v) is 6.05. The number of aryl methyl sites for hydroxylation is 1. The van der Waals surface area contributed by atoms with Crippen molar-refractivity contribution in [3.05, 3.63) is 18.0 Å². The molecule has 4 aliphatic rings. The fourth-order valence-corrected chi connectivity index (χ4v) is 5.65. The number of hydrogen-bond acceptors (Lipinski definition) is 2. The Morgan fingerprint density at radius 1 is 1.16 bits per heavy atom. The molecule has 0 saturated heterocycles. The summed E-state index contributed by atoms with van der Waals surface area (Å²) in [6.07, 6.45) is 9.57. The van der Waals surface area contributed by atoms with Gasteiger partial charge in [-0.25, -0.2) is 0 Å². The second kappa shape index (κ2) is 4.34. The molecule has 1 atom stereocenters. The Morgan fingerprint density at radius 3 is 2.26 bits per heavy atom. The standard InChI is InChI=1S/C16H25N3/c1-17-16(14-3-4-19(2)18-14)15-12-6-10-5-11(8-12)9-13(15)7-10/h3-4,10-13,15-17H,5-9H2,1-2H3. The van der Waals surface area contributed by atoms with E-state index in [1.807, 2.05) is 11.7 Å². The van der Waals surface area contributed by atoms with Crippen LogP contribution in [-0.2, 0) is 7.05 Å². The van der Waals surface area contributed by atoms with E-state index in [4.69, 9.17) is 0 Å². The van der Waals surface area contributed by atoms with Gasteiger partial charge in [0.05, 0.1) is 11.7 Å². The second-order valence-corrected chi connectivity index (χ2v) is 7.19. The van der Waals surface area contributed by atoms with Gasteiger partial charge in [0.25, 0.3) is 0 Å². The van der Waals surface area contributed by atoms with E-state index in [0.717, 1.165) is 29.6 Å². The van der Waals surface area contributed by atoms with Crippen LogP contribution in [0.3, 0.4) is 0 Å². The average molecular weight is 259 g/mol. The van der Waals surface area contributed by atoms with Crippen LogP contribution in [0.1, 0.15) is 43.8 Å². The molecule has 4 bridgehead atoms. The molecule has 4 aliphatic carbocycles. The van der Waals surface area contributed by atoms with E-state index < -0.39 is 0 Å². The molecule has 3 heteroatoms. The second-order valence-electron chi connectivity index (χ2n) is 7.19. The van der Waals surface area contributed by atoms with Gasteiger partial charge in [-0.2, -0.15) is 5.10 Å². The van der Waals surface area contributed by atoms with Gasteiger partial charge in [-0.1, -0.05) is 0 Å². The van der Waals surface area contributed by atoms with Crippen LogP contribution >= 0.6 is 0 Å². The number of aromatic nitrogens is 2. The Kier molecular flexibility index (Phi) is 2.73. The molecule has 3 nitrogen and oxygen atoms in total. The Labute approximate surface area is 115 Å². The van der Waals surface area contributed by atoms with Crippen LogP contribution < -0.4 is 5.32 Å². The third-order valence-electron chi connectivity index (χ3n) is 6.05. The molecular weight excluding hydrogens is 234 g/mol. The monoisotopic (exact) mass is 259 g/mol. The van der Waals surface area contributed by atoms with Gasteiger partial charge in [0.1, 0.15) is 0 Å². The smallest absolute Gasteiger partial charge is 0.0796 e. The van der Waals surface area contributed by atoms with Gasteiger partial charge in [0, 0.05) is 13.2 Å². The van der Waals surface area contributed by atoms with Gasteiger partial charge in [0.15, 0.2) is 0 Å². The molecular formula is C16H25N3. The average Bonchev–Trinajstić information content (AvgIpc) is 2.79. The summed E-state index contributed by atoms with van der Waals surface area (Å²) in [4.78, 5) is 0. The molecule has 0 radical (unpaired) electrons. The van der Waals surface area contributed by atoms with E-state index in [1.54, 1.807) is 0 Å². The molecule has 4 fully saturated rings. The molecule has 1 N–H and O–H groups in total. The lowest BCUT2D eigenvalue weighted by Gasteiger charge is -2.56. The molecule has 1 heterocycles. The first kappa shape index (κ1) is 12.0. The van der Waals surface area contributed by atoms with Gasteiger partial charge in [0.2, 0.25) is 0 Å². The number of nitrogens with zero attached hydrogens (tertiary/aromatic N) is 2. The summed E-state index contributed by atoms with van der Waals surface area (Å²) in [6, 6.07) is 2.67. The number of rotatable bonds is 3. The lowest BCUT2D eigenvalue weighted by molar-refractivity contribution is -0.0521. The van der Waals surface area contributed by atoms with Crippen molar-refractivity contribution in [3.63, 3.8) is 0 Å². The molecule has 104 valence electrons. The molecule has 4 saturated carbocycles. The summed E-state index contributed by atoms with van der Waals surface area (Å²) in [5.41, 5.74) is 1.25. The van der Waals surface area contributed by atoms with Crippen molar-refractivity contribution in [2.75, 3.05) is 7.05 Å². The highest BCUT2D eigenvalue weighted by molar-refractivity contribution is 5.12. The number of nitrogens with one attached hydrogen (secondary N) is 1. The normalized spacial score (nSPS) is 41.7. The minimum atomic E-state index is 0.469. The SMILES string of the molecule is CNC(c1ccn(C)n1)C1C2CC3CC(C2)CC1C3. The maximum Gasteiger partial charge on any atom is 0.0796 e. The fraction of sp³-hybridized carbons (Fsp3) is 0.812. The van der Waals surface area contributed by atoms with E-state index in [9.17, 15) is 0 Å². The van der Waals surface area contributed by atoms with Crippen LogP contribution in [0.15, 0.2) is 12.3 Å². The Bertz CT molecular complexity index is 436. The van der Waals surface area contributed by atoms with Crippen LogP contribution in [-0.4, -0.2) is 16.8 Å². The van der Waals surface area contributed by atoms with Crippen molar-refractivity contribution >= 4 is 0 Å². The van der Waals surface area contributed by atoms with Crippen LogP contribution in [0.5, 0.6) is 0 Å². The summed E-state index contributed by atoms with van der Waals surface area (Å²) < 4.78 is 1.94. The quantitative estimate of drug-likeness (QED) is 0.904. The summed E-state index contributed by atoms with van der Waals surface area (Å²) in [5.74, 6) is 4.85. The maximum atomic E-state index is 4.67. The highest BCUT2D eigenvalue weighted by Gasteiger charge is 2.50. The largest absolute Gasteiger partial charge is 0.311 e. The summed E-state index contributed by atoms with van der Waals surface area (Å²) in [7, 11) is 4.14. The van der Waals surface area contributed by atoms with Gasteiger partial charge >= 0.3 is 0 Å². The first-order chi connectivity index (χ1) is 9.24. The zero-order valence-corrected chi connectivity index (χ0v) is 12.0. The van der Waals surface area contributed by atoms with Crippen molar-refractivity contribution in [1.29, 1.82) is 0 Å². The van der Waals surface area contributed by atoms with E-state index in [1.165, 1.54) is 37.8 Å². The van der Waals surface area contributed by atoms with Gasteiger partial charge in [-0.15, -0.1) is 0 Å². The van der Waals surface area contributed by atoms with E-state index in [2.05, 4.69) is 29.7 Å². The highest BCUT2D eigenvalue weighted by Crippen LogP contribution is 2.59. The van der Waals surface area contributed by atoms with E-state index >= 15 is 0 Å². The first-order valence-electron chi connectivity index (χ1n) is 7.91. The molecule has 0 aliphatic heterocycles. The predicted octanol–water partition coefficient (Wildman–Crippen LogP) is 2.75. The lowest BCUT2D eigenvalue weighted by Crippen LogP contribution is -2.49. The molecule has 0 amide bonds. The van der Waals surface area contributed by atoms with Crippen LogP contribution in [0.2, 0.25) is 0 Å². The lowest BCUT2D eigenvalue weighted by atomic mass is 9.50. The zero-order chi connectivity index (χ0) is 13.0. The Balaban J connectivity index is 1.63. The Hall–Kier alpha value is -0.830. The van der Waals surface area contributed by atoms with Crippen LogP contribution in [0.4, 0.5) is 0 Å².